The van der Waals surface area contributed by atoms with Crippen molar-refractivity contribution in [2.45, 2.75) is 44.4 Å². The van der Waals surface area contributed by atoms with Gasteiger partial charge in [0.05, 0.1) is 12.0 Å². The van der Waals surface area contributed by atoms with Crippen LogP contribution in [0.4, 0.5) is 5.69 Å². The van der Waals surface area contributed by atoms with Gasteiger partial charge < -0.3 is 20.6 Å². The van der Waals surface area contributed by atoms with Gasteiger partial charge in [0, 0.05) is 0 Å². The monoisotopic (exact) mass is 353 g/mol. The highest BCUT2D eigenvalue weighted by Gasteiger charge is 2.43. The summed E-state index contributed by atoms with van der Waals surface area (Å²) in [6.45, 7) is 0.341. The van der Waals surface area contributed by atoms with Crippen molar-refractivity contribution in [3.63, 3.8) is 0 Å². The number of benzene rings is 1. The second-order valence-corrected chi connectivity index (χ2v) is 6.65. The van der Waals surface area contributed by atoms with Crippen molar-refractivity contribution in [3.8, 4) is 5.75 Å². The maximum Gasteiger partial charge on any atom is 0.220 e. The van der Waals surface area contributed by atoms with Crippen LogP contribution in [-0.2, 0) is 6.61 Å². The Morgan fingerprint density at radius 2 is 1.88 bits per heavy atom. The number of anilines is 1. The molecule has 1 saturated carbocycles. The van der Waals surface area contributed by atoms with Gasteiger partial charge in [-0.1, -0.05) is 18.6 Å². The van der Waals surface area contributed by atoms with Crippen LogP contribution < -0.4 is 21.1 Å². The van der Waals surface area contributed by atoms with Crippen LogP contribution in [0.1, 0.15) is 37.9 Å². The van der Waals surface area contributed by atoms with Crippen molar-refractivity contribution in [2.24, 2.45) is 21.5 Å². The zero-order chi connectivity index (χ0) is 18.0. The van der Waals surface area contributed by atoms with Gasteiger partial charge in [0.25, 0.3) is 0 Å². The Hall–Kier alpha value is -2.96. The van der Waals surface area contributed by atoms with Gasteiger partial charge in [0.15, 0.2) is 0 Å². The van der Waals surface area contributed by atoms with Gasteiger partial charge in [-0.25, -0.2) is 4.99 Å². The molecule has 2 aromatic rings. The summed E-state index contributed by atoms with van der Waals surface area (Å²) in [6.07, 6.45) is 6.76. The van der Waals surface area contributed by atoms with Crippen LogP contribution in [0.5, 0.6) is 5.75 Å². The molecule has 2 aliphatic rings. The molecular formula is C19H23N5O2. The standard InChI is InChI=1S/C19H23N5O2/c20-17-22-18(21)24(19(23-17)10-4-1-5-11-19)15-8-2-3-9-16(15)26-13-14-7-6-12-25-14/h2-3,6-9,12H,1,4-5,10-11,13H2,(H4,20,21,22,23). The van der Waals surface area contributed by atoms with Gasteiger partial charge in [-0.15, -0.1) is 0 Å². The second kappa shape index (κ2) is 6.74. The molecule has 0 bridgehead atoms. The highest BCUT2D eigenvalue weighted by molar-refractivity contribution is 6.06. The number of hydrogen-bond donors (Lipinski definition) is 2. The highest BCUT2D eigenvalue weighted by atomic mass is 16.5. The molecule has 1 aromatic carbocycles. The summed E-state index contributed by atoms with van der Waals surface area (Å²) in [5, 5.41) is 0. The SMILES string of the molecule is NC1=NC2(CCCCC2)N(c2ccccc2OCc2ccco2)C(N)=N1. The summed E-state index contributed by atoms with van der Waals surface area (Å²) < 4.78 is 11.4. The molecule has 136 valence electrons. The third-order valence-electron chi connectivity index (χ3n) is 4.91. The van der Waals surface area contributed by atoms with E-state index < -0.39 is 5.66 Å². The minimum Gasteiger partial charge on any atom is -0.483 e. The lowest BCUT2D eigenvalue weighted by Crippen LogP contribution is -2.58. The Morgan fingerprint density at radius 1 is 1.08 bits per heavy atom. The summed E-state index contributed by atoms with van der Waals surface area (Å²) in [6, 6.07) is 11.5. The smallest absolute Gasteiger partial charge is 0.220 e. The van der Waals surface area contributed by atoms with E-state index in [2.05, 4.69) is 4.99 Å². The van der Waals surface area contributed by atoms with Gasteiger partial charge in [-0.2, -0.15) is 4.99 Å². The lowest BCUT2D eigenvalue weighted by molar-refractivity contribution is 0.266. The predicted octanol–water partition coefficient (Wildman–Crippen LogP) is 2.97. The zero-order valence-corrected chi connectivity index (χ0v) is 14.6. The quantitative estimate of drug-likeness (QED) is 0.880. The molecule has 1 aliphatic heterocycles. The number of para-hydroxylation sites is 2. The fourth-order valence-corrected chi connectivity index (χ4v) is 3.78. The van der Waals surface area contributed by atoms with Crippen molar-refractivity contribution in [1.29, 1.82) is 0 Å². The summed E-state index contributed by atoms with van der Waals surface area (Å²) in [7, 11) is 0. The highest BCUT2D eigenvalue weighted by Crippen LogP contribution is 2.42. The summed E-state index contributed by atoms with van der Waals surface area (Å²) in [4.78, 5) is 10.9. The number of aliphatic imine (C=N–C) groups is 2. The lowest BCUT2D eigenvalue weighted by Gasteiger charge is -2.45. The molecule has 4 N–H and O–H groups in total. The summed E-state index contributed by atoms with van der Waals surface area (Å²) in [5.74, 6) is 2.07. The molecule has 0 amide bonds. The van der Waals surface area contributed by atoms with Crippen molar-refractivity contribution < 1.29 is 9.15 Å². The second-order valence-electron chi connectivity index (χ2n) is 6.65. The Labute approximate surface area is 152 Å². The van der Waals surface area contributed by atoms with Crippen LogP contribution in [0.2, 0.25) is 0 Å². The van der Waals surface area contributed by atoms with E-state index in [4.69, 9.17) is 25.6 Å². The van der Waals surface area contributed by atoms with Crippen LogP contribution in [0.25, 0.3) is 0 Å². The van der Waals surface area contributed by atoms with Crippen molar-refractivity contribution in [1.82, 2.24) is 0 Å². The van der Waals surface area contributed by atoms with Crippen LogP contribution in [0.15, 0.2) is 57.1 Å². The minimum absolute atomic E-state index is 0.245. The van der Waals surface area contributed by atoms with Crippen LogP contribution in [0.3, 0.4) is 0 Å². The number of hydrogen-bond acceptors (Lipinski definition) is 7. The number of guanidine groups is 2. The molecule has 1 spiro atoms. The molecule has 7 heteroatoms. The average molecular weight is 353 g/mol. The Morgan fingerprint density at radius 3 is 2.65 bits per heavy atom. The maximum absolute atomic E-state index is 6.31. The fourth-order valence-electron chi connectivity index (χ4n) is 3.78. The fraction of sp³-hybridized carbons (Fsp3) is 0.368. The molecule has 4 rings (SSSR count). The first kappa shape index (κ1) is 16.5. The van der Waals surface area contributed by atoms with Crippen LogP contribution in [-0.4, -0.2) is 17.6 Å². The molecule has 1 aliphatic carbocycles. The van der Waals surface area contributed by atoms with E-state index in [1.165, 1.54) is 6.42 Å². The molecule has 1 aromatic heterocycles. The molecule has 2 heterocycles. The maximum atomic E-state index is 6.31. The van der Waals surface area contributed by atoms with Gasteiger partial charge in [-0.05, 0) is 49.9 Å². The third kappa shape index (κ3) is 3.00. The molecule has 0 atom stereocenters. The van der Waals surface area contributed by atoms with E-state index in [1.54, 1.807) is 6.26 Å². The Kier molecular flexibility index (Phi) is 4.28. The number of furan rings is 1. The van der Waals surface area contributed by atoms with E-state index in [-0.39, 0.29) is 5.96 Å². The molecule has 1 fully saturated rings. The first-order valence-corrected chi connectivity index (χ1v) is 8.92. The Balaban J connectivity index is 1.69. The number of nitrogens with zero attached hydrogens (tertiary/aromatic N) is 3. The average Bonchev–Trinajstić information content (AvgIpc) is 3.14. The van der Waals surface area contributed by atoms with E-state index in [0.717, 1.165) is 37.1 Å². The first-order valence-electron chi connectivity index (χ1n) is 8.92. The molecule has 0 saturated heterocycles. The summed E-state index contributed by atoms with van der Waals surface area (Å²) >= 11 is 0. The molecule has 0 radical (unpaired) electrons. The normalized spacial score (nSPS) is 19.2. The van der Waals surface area contributed by atoms with Gasteiger partial charge in [-0.3, -0.25) is 4.90 Å². The summed E-state index contributed by atoms with van der Waals surface area (Å²) in [5.41, 5.74) is 12.6. The number of nitrogens with two attached hydrogens (primary N) is 2. The molecule has 7 nitrogen and oxygen atoms in total. The predicted molar refractivity (Wildman–Crippen MR) is 101 cm³/mol. The first-order chi connectivity index (χ1) is 12.7. The van der Waals surface area contributed by atoms with Gasteiger partial charge in [0.2, 0.25) is 11.9 Å². The van der Waals surface area contributed by atoms with Crippen molar-refractivity contribution in [3.05, 3.63) is 48.4 Å². The topological polar surface area (TPSA) is 102 Å². The number of ether oxygens (including phenoxy) is 1. The van der Waals surface area contributed by atoms with E-state index >= 15 is 0 Å². The third-order valence-corrected chi connectivity index (χ3v) is 4.91. The van der Waals surface area contributed by atoms with Crippen molar-refractivity contribution in [2.75, 3.05) is 4.90 Å². The number of rotatable bonds is 4. The largest absolute Gasteiger partial charge is 0.483 e. The zero-order valence-electron chi connectivity index (χ0n) is 14.6. The molecule has 0 unspecified atom stereocenters. The Bertz CT molecular complexity index is 822. The molecular weight excluding hydrogens is 330 g/mol. The minimum atomic E-state index is -0.488. The van der Waals surface area contributed by atoms with E-state index in [0.29, 0.717) is 18.3 Å². The lowest BCUT2D eigenvalue weighted by atomic mass is 9.87. The van der Waals surface area contributed by atoms with E-state index in [9.17, 15) is 0 Å². The van der Waals surface area contributed by atoms with Gasteiger partial charge >= 0.3 is 0 Å². The van der Waals surface area contributed by atoms with Crippen molar-refractivity contribution >= 4 is 17.6 Å². The van der Waals surface area contributed by atoms with Crippen LogP contribution in [0, 0.1) is 0 Å². The van der Waals surface area contributed by atoms with Gasteiger partial charge in [0.1, 0.15) is 23.8 Å². The van der Waals surface area contributed by atoms with Crippen LogP contribution >= 0.6 is 0 Å². The molecule has 26 heavy (non-hydrogen) atoms. The van der Waals surface area contributed by atoms with E-state index in [1.807, 2.05) is 41.3 Å².